The largest absolute Gasteiger partial charge is 0.377 e. The Bertz CT molecular complexity index is 362. The highest BCUT2D eigenvalue weighted by molar-refractivity contribution is 5.76. The fraction of sp³-hybridized carbons (Fsp3) is 0.941. The van der Waals surface area contributed by atoms with Crippen LogP contribution in [0.25, 0.3) is 0 Å². The standard InChI is InChI=1S/C17H32N2O2/c1-12(2)11-21-15-9-14(17(15,3)4)19(10-16(18)20)13-7-5-6-8-13/h12-15H,5-11H2,1-4H3,(H2,18,20). The van der Waals surface area contributed by atoms with Gasteiger partial charge in [-0.25, -0.2) is 0 Å². The Morgan fingerprint density at radius 2 is 1.95 bits per heavy atom. The highest BCUT2D eigenvalue weighted by Gasteiger charge is 2.53. The molecule has 2 aliphatic rings. The van der Waals surface area contributed by atoms with Crippen molar-refractivity contribution in [2.75, 3.05) is 13.2 Å². The predicted molar refractivity (Wildman–Crippen MR) is 84.9 cm³/mol. The number of primary amides is 1. The lowest BCUT2D eigenvalue weighted by molar-refractivity contribution is -0.166. The van der Waals surface area contributed by atoms with E-state index in [0.717, 1.165) is 13.0 Å². The van der Waals surface area contributed by atoms with Crippen molar-refractivity contribution in [3.05, 3.63) is 0 Å². The van der Waals surface area contributed by atoms with Crippen LogP contribution in [-0.2, 0) is 9.53 Å². The molecule has 0 bridgehead atoms. The maximum Gasteiger partial charge on any atom is 0.231 e. The lowest BCUT2D eigenvalue weighted by Gasteiger charge is -2.57. The number of nitrogens with two attached hydrogens (primary N) is 1. The summed E-state index contributed by atoms with van der Waals surface area (Å²) in [5.74, 6) is 0.362. The molecular formula is C17H32N2O2. The van der Waals surface area contributed by atoms with Crippen molar-refractivity contribution in [2.45, 2.75) is 78.0 Å². The van der Waals surface area contributed by atoms with Crippen LogP contribution in [0.5, 0.6) is 0 Å². The zero-order valence-corrected chi connectivity index (χ0v) is 14.1. The van der Waals surface area contributed by atoms with E-state index in [4.69, 9.17) is 10.5 Å². The third-order valence-electron chi connectivity index (χ3n) is 5.29. The molecule has 0 aromatic heterocycles. The second kappa shape index (κ2) is 6.66. The summed E-state index contributed by atoms with van der Waals surface area (Å²) in [5, 5.41) is 0. The van der Waals surface area contributed by atoms with Crippen LogP contribution in [-0.4, -0.2) is 42.1 Å². The van der Waals surface area contributed by atoms with Crippen LogP contribution in [0.1, 0.15) is 59.8 Å². The Labute approximate surface area is 129 Å². The van der Waals surface area contributed by atoms with E-state index in [0.29, 0.717) is 30.7 Å². The van der Waals surface area contributed by atoms with E-state index in [-0.39, 0.29) is 11.3 Å². The third kappa shape index (κ3) is 3.78. The highest BCUT2D eigenvalue weighted by atomic mass is 16.5. The minimum absolute atomic E-state index is 0.104. The van der Waals surface area contributed by atoms with E-state index in [2.05, 4.69) is 32.6 Å². The Morgan fingerprint density at radius 3 is 2.43 bits per heavy atom. The average molecular weight is 296 g/mol. The minimum Gasteiger partial charge on any atom is -0.377 e. The molecule has 0 aromatic rings. The maximum absolute atomic E-state index is 11.5. The van der Waals surface area contributed by atoms with Gasteiger partial charge in [0.1, 0.15) is 0 Å². The number of carbonyl (C=O) groups excluding carboxylic acids is 1. The molecular weight excluding hydrogens is 264 g/mol. The molecule has 0 aliphatic heterocycles. The van der Waals surface area contributed by atoms with Gasteiger partial charge < -0.3 is 10.5 Å². The van der Waals surface area contributed by atoms with Gasteiger partial charge in [0.15, 0.2) is 0 Å². The molecule has 21 heavy (non-hydrogen) atoms. The summed E-state index contributed by atoms with van der Waals surface area (Å²) in [5.41, 5.74) is 5.59. The van der Waals surface area contributed by atoms with Crippen molar-refractivity contribution in [1.29, 1.82) is 0 Å². The summed E-state index contributed by atoms with van der Waals surface area (Å²) >= 11 is 0. The molecule has 0 aromatic carbocycles. The molecule has 0 heterocycles. The van der Waals surface area contributed by atoms with Crippen molar-refractivity contribution in [3.8, 4) is 0 Å². The van der Waals surface area contributed by atoms with E-state index in [1.807, 2.05) is 0 Å². The van der Waals surface area contributed by atoms with Gasteiger partial charge in [0.25, 0.3) is 0 Å². The zero-order valence-electron chi connectivity index (χ0n) is 14.1. The van der Waals surface area contributed by atoms with Crippen molar-refractivity contribution >= 4 is 5.91 Å². The van der Waals surface area contributed by atoms with Gasteiger partial charge in [-0.15, -0.1) is 0 Å². The number of hydrogen-bond acceptors (Lipinski definition) is 3. The molecule has 1 amide bonds. The summed E-state index contributed by atoms with van der Waals surface area (Å²) in [7, 11) is 0. The van der Waals surface area contributed by atoms with E-state index >= 15 is 0 Å². The molecule has 4 heteroatoms. The number of hydrogen-bond donors (Lipinski definition) is 1. The van der Waals surface area contributed by atoms with Crippen LogP contribution in [0.15, 0.2) is 0 Å². The Balaban J connectivity index is 1.99. The summed E-state index contributed by atoms with van der Waals surface area (Å²) < 4.78 is 6.06. The van der Waals surface area contributed by atoms with Crippen molar-refractivity contribution in [1.82, 2.24) is 4.90 Å². The minimum atomic E-state index is -0.204. The lowest BCUT2D eigenvalue weighted by atomic mass is 9.63. The van der Waals surface area contributed by atoms with Crippen LogP contribution >= 0.6 is 0 Å². The molecule has 2 unspecified atom stereocenters. The van der Waals surface area contributed by atoms with Gasteiger partial charge >= 0.3 is 0 Å². The fourth-order valence-electron chi connectivity index (χ4n) is 3.93. The molecule has 2 fully saturated rings. The molecule has 0 spiro atoms. The number of nitrogens with zero attached hydrogens (tertiary/aromatic N) is 1. The second-order valence-electron chi connectivity index (χ2n) is 7.87. The van der Waals surface area contributed by atoms with Crippen LogP contribution in [0.2, 0.25) is 0 Å². The quantitative estimate of drug-likeness (QED) is 0.785. The zero-order chi connectivity index (χ0) is 15.6. The molecule has 0 radical (unpaired) electrons. The molecule has 2 rings (SSSR count). The van der Waals surface area contributed by atoms with Gasteiger partial charge in [-0.2, -0.15) is 0 Å². The SMILES string of the molecule is CC(C)COC1CC(N(CC(N)=O)C2CCCC2)C1(C)C. The fourth-order valence-corrected chi connectivity index (χ4v) is 3.93. The van der Waals surface area contributed by atoms with Crippen LogP contribution in [0.3, 0.4) is 0 Å². The number of carbonyl (C=O) groups is 1. The van der Waals surface area contributed by atoms with E-state index < -0.39 is 0 Å². The number of rotatable bonds is 7. The lowest BCUT2D eigenvalue weighted by Crippen LogP contribution is -2.65. The summed E-state index contributed by atoms with van der Waals surface area (Å²) in [6, 6.07) is 0.957. The smallest absolute Gasteiger partial charge is 0.231 e. The number of amides is 1. The van der Waals surface area contributed by atoms with Gasteiger partial charge in [-0.1, -0.05) is 40.5 Å². The predicted octanol–water partition coefficient (Wildman–Crippen LogP) is 2.56. The van der Waals surface area contributed by atoms with Crippen LogP contribution in [0, 0.1) is 11.3 Å². The molecule has 2 saturated carbocycles. The van der Waals surface area contributed by atoms with Crippen molar-refractivity contribution in [3.63, 3.8) is 0 Å². The van der Waals surface area contributed by atoms with Crippen molar-refractivity contribution in [2.24, 2.45) is 17.1 Å². The van der Waals surface area contributed by atoms with Gasteiger partial charge in [-0.05, 0) is 25.2 Å². The van der Waals surface area contributed by atoms with Gasteiger partial charge in [0, 0.05) is 24.1 Å². The highest BCUT2D eigenvalue weighted by Crippen LogP contribution is 2.47. The van der Waals surface area contributed by atoms with Crippen LogP contribution in [0.4, 0.5) is 0 Å². The van der Waals surface area contributed by atoms with Crippen LogP contribution < -0.4 is 5.73 Å². The topological polar surface area (TPSA) is 55.6 Å². The summed E-state index contributed by atoms with van der Waals surface area (Å²) in [6.07, 6.45) is 6.31. The van der Waals surface area contributed by atoms with E-state index in [9.17, 15) is 4.79 Å². The first-order valence-corrected chi connectivity index (χ1v) is 8.48. The molecule has 0 saturated heterocycles. The van der Waals surface area contributed by atoms with E-state index in [1.54, 1.807) is 0 Å². The third-order valence-corrected chi connectivity index (χ3v) is 5.29. The first kappa shape index (κ1) is 16.8. The summed E-state index contributed by atoms with van der Waals surface area (Å²) in [4.78, 5) is 13.8. The first-order chi connectivity index (χ1) is 9.82. The molecule has 122 valence electrons. The Hall–Kier alpha value is -0.610. The van der Waals surface area contributed by atoms with Gasteiger partial charge in [0.2, 0.25) is 5.91 Å². The van der Waals surface area contributed by atoms with Gasteiger partial charge in [-0.3, -0.25) is 9.69 Å². The Morgan fingerprint density at radius 1 is 1.33 bits per heavy atom. The van der Waals surface area contributed by atoms with E-state index in [1.165, 1.54) is 25.7 Å². The molecule has 2 aliphatic carbocycles. The van der Waals surface area contributed by atoms with Crippen molar-refractivity contribution < 1.29 is 9.53 Å². The molecule has 2 atom stereocenters. The second-order valence-corrected chi connectivity index (χ2v) is 7.87. The Kier molecular flexibility index (Phi) is 5.31. The first-order valence-electron chi connectivity index (χ1n) is 8.48. The van der Waals surface area contributed by atoms with Gasteiger partial charge in [0.05, 0.1) is 12.6 Å². The monoisotopic (exact) mass is 296 g/mol. The average Bonchev–Trinajstić information content (AvgIpc) is 2.88. The molecule has 4 nitrogen and oxygen atoms in total. The normalized spacial score (nSPS) is 29.0. The number of ether oxygens (including phenoxy) is 1. The molecule has 2 N–H and O–H groups in total. The summed E-state index contributed by atoms with van der Waals surface area (Å²) in [6.45, 7) is 10.1. The maximum atomic E-state index is 11.5.